The molecule has 1 saturated heterocycles. The number of benzene rings is 2. The summed E-state index contributed by atoms with van der Waals surface area (Å²) in [6.07, 6.45) is 2.00. The molecule has 0 unspecified atom stereocenters. The highest BCUT2D eigenvalue weighted by Crippen LogP contribution is 2.28. The molecule has 1 heterocycles. The molecule has 25 heavy (non-hydrogen) atoms. The van der Waals surface area contributed by atoms with Gasteiger partial charge in [-0.2, -0.15) is 0 Å². The molecule has 0 aliphatic carbocycles. The maximum absolute atomic E-state index is 12.1. The molecule has 3 rings (SSSR count). The van der Waals surface area contributed by atoms with E-state index < -0.39 is 0 Å². The van der Waals surface area contributed by atoms with Crippen LogP contribution in [0.2, 0.25) is 0 Å². The number of nitrogens with one attached hydrogen (secondary N) is 1. The van der Waals surface area contributed by atoms with Crippen molar-refractivity contribution in [2.24, 2.45) is 4.99 Å². The van der Waals surface area contributed by atoms with Crippen molar-refractivity contribution in [3.63, 3.8) is 0 Å². The van der Waals surface area contributed by atoms with Crippen molar-refractivity contribution in [1.82, 2.24) is 5.32 Å². The summed E-state index contributed by atoms with van der Waals surface area (Å²) in [6, 6.07) is 15.6. The number of hydrogen-bond donors (Lipinski definition) is 1. The molecule has 0 aromatic heterocycles. The van der Waals surface area contributed by atoms with E-state index in [0.717, 1.165) is 17.0 Å². The van der Waals surface area contributed by atoms with Crippen molar-refractivity contribution in [2.45, 2.75) is 26.9 Å². The van der Waals surface area contributed by atoms with Gasteiger partial charge in [0.05, 0.1) is 16.7 Å². The van der Waals surface area contributed by atoms with Gasteiger partial charge >= 0.3 is 0 Å². The van der Waals surface area contributed by atoms with Crippen molar-refractivity contribution in [1.29, 1.82) is 0 Å². The van der Waals surface area contributed by atoms with Crippen LogP contribution < -0.4 is 10.1 Å². The SMILES string of the molecule is Cc1ccc(N=C2NC(=O)/C(=C/c3ccc(OC(C)C)cc3)S2)cc1. The van der Waals surface area contributed by atoms with Crippen molar-refractivity contribution in [3.05, 3.63) is 64.6 Å². The normalized spacial score (nSPS) is 17.4. The van der Waals surface area contributed by atoms with Gasteiger partial charge in [0, 0.05) is 0 Å². The fraction of sp³-hybridized carbons (Fsp3) is 0.200. The van der Waals surface area contributed by atoms with Crippen molar-refractivity contribution >= 4 is 34.6 Å². The summed E-state index contributed by atoms with van der Waals surface area (Å²) in [5.74, 6) is 0.695. The summed E-state index contributed by atoms with van der Waals surface area (Å²) in [4.78, 5) is 17.2. The molecule has 1 aliphatic heterocycles. The molecule has 4 nitrogen and oxygen atoms in total. The van der Waals surface area contributed by atoms with E-state index >= 15 is 0 Å². The highest BCUT2D eigenvalue weighted by atomic mass is 32.2. The number of carbonyl (C=O) groups excluding carboxylic acids is 1. The standard InChI is InChI=1S/C20H20N2O2S/c1-13(2)24-17-10-6-15(7-11-17)12-18-19(23)22-20(25-18)21-16-8-4-14(3)5-9-16/h4-13H,1-3H3,(H,21,22,23)/b18-12-. The number of rotatable bonds is 4. The van der Waals surface area contributed by atoms with E-state index in [1.807, 2.05) is 75.4 Å². The Morgan fingerprint density at radius 1 is 1.08 bits per heavy atom. The smallest absolute Gasteiger partial charge is 0.264 e. The topological polar surface area (TPSA) is 50.7 Å². The quantitative estimate of drug-likeness (QED) is 0.813. The fourth-order valence-electron chi connectivity index (χ4n) is 2.28. The maximum Gasteiger partial charge on any atom is 0.264 e. The molecule has 0 spiro atoms. The maximum atomic E-state index is 12.1. The Balaban J connectivity index is 1.73. The number of aliphatic imine (C=N–C) groups is 1. The van der Waals surface area contributed by atoms with E-state index in [2.05, 4.69) is 10.3 Å². The summed E-state index contributed by atoms with van der Waals surface area (Å²) in [5.41, 5.74) is 2.95. The van der Waals surface area contributed by atoms with E-state index in [9.17, 15) is 4.79 Å². The van der Waals surface area contributed by atoms with Crippen LogP contribution in [0.15, 0.2) is 58.4 Å². The van der Waals surface area contributed by atoms with E-state index in [1.54, 1.807) is 0 Å². The molecular formula is C20H20N2O2S. The van der Waals surface area contributed by atoms with Crippen LogP contribution in [0.4, 0.5) is 5.69 Å². The van der Waals surface area contributed by atoms with Gasteiger partial charge in [0.1, 0.15) is 5.75 Å². The lowest BCUT2D eigenvalue weighted by atomic mass is 10.2. The Labute approximate surface area is 152 Å². The molecule has 128 valence electrons. The predicted molar refractivity (Wildman–Crippen MR) is 104 cm³/mol. The first-order chi connectivity index (χ1) is 12.0. The number of nitrogens with zero attached hydrogens (tertiary/aromatic N) is 1. The molecule has 2 aromatic carbocycles. The Morgan fingerprint density at radius 2 is 1.76 bits per heavy atom. The largest absolute Gasteiger partial charge is 0.491 e. The van der Waals surface area contributed by atoms with E-state index in [-0.39, 0.29) is 12.0 Å². The van der Waals surface area contributed by atoms with E-state index in [4.69, 9.17) is 4.74 Å². The zero-order valence-electron chi connectivity index (χ0n) is 14.4. The lowest BCUT2D eigenvalue weighted by Crippen LogP contribution is -2.19. The van der Waals surface area contributed by atoms with Crippen LogP contribution >= 0.6 is 11.8 Å². The number of aryl methyl sites for hydroxylation is 1. The van der Waals surface area contributed by atoms with Crippen molar-refractivity contribution in [3.8, 4) is 5.75 Å². The minimum atomic E-state index is -0.127. The molecule has 1 amide bonds. The zero-order chi connectivity index (χ0) is 17.8. The molecule has 0 atom stereocenters. The first-order valence-corrected chi connectivity index (χ1v) is 8.94. The second-order valence-electron chi connectivity index (χ2n) is 6.05. The first kappa shape index (κ1) is 17.3. The Bertz CT molecular complexity index is 822. The Hall–Kier alpha value is -2.53. The summed E-state index contributed by atoms with van der Waals surface area (Å²) in [5, 5.41) is 3.40. The lowest BCUT2D eigenvalue weighted by Gasteiger charge is -2.09. The molecule has 0 bridgehead atoms. The number of thioether (sulfide) groups is 1. The van der Waals surface area contributed by atoms with E-state index in [0.29, 0.717) is 10.1 Å². The van der Waals surface area contributed by atoms with Gasteiger partial charge in [-0.1, -0.05) is 29.8 Å². The number of ether oxygens (including phenoxy) is 1. The highest BCUT2D eigenvalue weighted by Gasteiger charge is 2.23. The zero-order valence-corrected chi connectivity index (χ0v) is 15.3. The lowest BCUT2D eigenvalue weighted by molar-refractivity contribution is -0.115. The molecule has 0 saturated carbocycles. The first-order valence-electron chi connectivity index (χ1n) is 8.12. The molecule has 2 aromatic rings. The predicted octanol–water partition coefficient (Wildman–Crippen LogP) is 4.67. The van der Waals surface area contributed by atoms with Crippen molar-refractivity contribution < 1.29 is 9.53 Å². The van der Waals surface area contributed by atoms with Crippen LogP contribution in [-0.4, -0.2) is 17.2 Å². The molecule has 1 fully saturated rings. The van der Waals surface area contributed by atoms with E-state index in [1.165, 1.54) is 17.3 Å². The minimum absolute atomic E-state index is 0.127. The van der Waals surface area contributed by atoms with Crippen LogP contribution in [-0.2, 0) is 4.79 Å². The average Bonchev–Trinajstić information content (AvgIpc) is 2.90. The van der Waals surface area contributed by atoms with Crippen LogP contribution in [0.5, 0.6) is 5.75 Å². The van der Waals surface area contributed by atoms with Gasteiger partial charge in [-0.3, -0.25) is 4.79 Å². The van der Waals surface area contributed by atoms with Crippen LogP contribution in [0.25, 0.3) is 6.08 Å². The Kier molecular flexibility index (Phi) is 5.24. The third-order valence-electron chi connectivity index (χ3n) is 3.47. The van der Waals surface area contributed by atoms with Crippen LogP contribution in [0.1, 0.15) is 25.0 Å². The van der Waals surface area contributed by atoms with Gasteiger partial charge in [0.2, 0.25) is 0 Å². The molecule has 5 heteroatoms. The van der Waals surface area contributed by atoms with Crippen molar-refractivity contribution in [2.75, 3.05) is 0 Å². The highest BCUT2D eigenvalue weighted by molar-refractivity contribution is 8.18. The van der Waals surface area contributed by atoms with Gasteiger partial charge in [-0.05, 0) is 68.4 Å². The number of amidine groups is 1. The summed E-state index contributed by atoms with van der Waals surface area (Å²) < 4.78 is 5.63. The summed E-state index contributed by atoms with van der Waals surface area (Å²) in [7, 11) is 0. The molecule has 1 N–H and O–H groups in total. The third-order valence-corrected chi connectivity index (χ3v) is 4.38. The van der Waals surface area contributed by atoms with Gasteiger partial charge in [0.25, 0.3) is 5.91 Å². The second kappa shape index (κ2) is 7.57. The van der Waals surface area contributed by atoms with Crippen LogP contribution in [0, 0.1) is 6.92 Å². The summed E-state index contributed by atoms with van der Waals surface area (Å²) in [6.45, 7) is 6.01. The summed E-state index contributed by atoms with van der Waals surface area (Å²) >= 11 is 1.35. The number of hydrogen-bond acceptors (Lipinski definition) is 4. The minimum Gasteiger partial charge on any atom is -0.491 e. The molecule has 1 aliphatic rings. The van der Waals surface area contributed by atoms with Gasteiger partial charge in [-0.15, -0.1) is 0 Å². The number of carbonyl (C=O) groups is 1. The molecule has 0 radical (unpaired) electrons. The van der Waals surface area contributed by atoms with Gasteiger partial charge < -0.3 is 10.1 Å². The van der Waals surface area contributed by atoms with Gasteiger partial charge in [0.15, 0.2) is 5.17 Å². The monoisotopic (exact) mass is 352 g/mol. The second-order valence-corrected chi connectivity index (χ2v) is 7.08. The molecular weight excluding hydrogens is 332 g/mol. The Morgan fingerprint density at radius 3 is 2.40 bits per heavy atom. The third kappa shape index (κ3) is 4.73. The van der Waals surface area contributed by atoms with Crippen LogP contribution in [0.3, 0.4) is 0 Å². The fourth-order valence-corrected chi connectivity index (χ4v) is 3.13. The number of amides is 1. The van der Waals surface area contributed by atoms with Gasteiger partial charge in [-0.25, -0.2) is 4.99 Å². The average molecular weight is 352 g/mol.